The summed E-state index contributed by atoms with van der Waals surface area (Å²) in [4.78, 5) is 45.4. The lowest BCUT2D eigenvalue weighted by Gasteiger charge is -2.43. The molecule has 16 heteroatoms. The molecule has 1 aromatic carbocycles. The molecule has 51 heavy (non-hydrogen) atoms. The summed E-state index contributed by atoms with van der Waals surface area (Å²) in [7, 11) is 2.12. The Labute approximate surface area is 295 Å². The lowest BCUT2D eigenvalue weighted by atomic mass is 9.90. The summed E-state index contributed by atoms with van der Waals surface area (Å²) < 4.78 is 60.9. The summed E-state index contributed by atoms with van der Waals surface area (Å²) in [6.45, 7) is 9.69. The molecule has 1 saturated carbocycles. The largest absolute Gasteiger partial charge is 0.433 e. The number of nitrogens with one attached hydrogen (secondary N) is 2. The molecule has 1 aromatic heterocycles. The molecule has 12 nitrogen and oxygen atoms in total. The van der Waals surface area contributed by atoms with Crippen LogP contribution in [0, 0.1) is 0 Å². The number of likely N-dealkylation sites (N-methyl/N-ethyl adjacent to an activating group) is 1. The van der Waals surface area contributed by atoms with Crippen LogP contribution in [0.15, 0.2) is 31.0 Å². The van der Waals surface area contributed by atoms with Crippen LogP contribution in [0.2, 0.25) is 0 Å². The second-order valence-corrected chi connectivity index (χ2v) is 14.1. The van der Waals surface area contributed by atoms with E-state index in [9.17, 15) is 27.2 Å². The van der Waals surface area contributed by atoms with E-state index in [0.29, 0.717) is 36.1 Å². The highest BCUT2D eigenvalue weighted by atomic mass is 19.3. The number of fused-ring (bicyclic) bond motifs is 1. The van der Waals surface area contributed by atoms with Gasteiger partial charge in [0, 0.05) is 88.1 Å². The minimum atomic E-state index is -3.15. The molecule has 6 rings (SSSR count). The van der Waals surface area contributed by atoms with Crippen LogP contribution in [-0.4, -0.2) is 114 Å². The number of piperidine rings is 1. The molecule has 0 unspecified atom stereocenters. The van der Waals surface area contributed by atoms with Gasteiger partial charge in [0.1, 0.15) is 5.82 Å². The summed E-state index contributed by atoms with van der Waals surface area (Å²) >= 11 is 0. The second kappa shape index (κ2) is 15.2. The Morgan fingerprint density at radius 2 is 1.71 bits per heavy atom. The van der Waals surface area contributed by atoms with Crippen molar-refractivity contribution in [2.45, 2.75) is 89.6 Å². The molecular weight excluding hydrogens is 670 g/mol. The number of benzene rings is 1. The Balaban J connectivity index is 1.30. The minimum Gasteiger partial charge on any atom is -0.433 e. The van der Waals surface area contributed by atoms with Crippen molar-refractivity contribution >= 4 is 40.8 Å². The van der Waals surface area contributed by atoms with Crippen LogP contribution in [0.1, 0.15) is 57.9 Å². The quantitative estimate of drug-likeness (QED) is 0.230. The molecule has 2 N–H and O–H groups in total. The third-order valence-electron chi connectivity index (χ3n) is 10.4. The molecule has 0 bridgehead atoms. The van der Waals surface area contributed by atoms with Crippen molar-refractivity contribution < 1.29 is 31.9 Å². The molecule has 3 fully saturated rings. The number of carbonyl (C=O) groups is 2. The average Bonchev–Trinajstić information content (AvgIpc) is 3.09. The Bertz CT molecular complexity index is 1590. The molecule has 278 valence electrons. The molecule has 4 heterocycles. The van der Waals surface area contributed by atoms with Crippen molar-refractivity contribution in [1.29, 1.82) is 0 Å². The van der Waals surface area contributed by atoms with Gasteiger partial charge in [0.25, 0.3) is 0 Å². The zero-order chi connectivity index (χ0) is 36.4. The molecule has 0 radical (unpaired) electrons. The number of alkyl halides is 4. The van der Waals surface area contributed by atoms with E-state index in [1.54, 1.807) is 11.1 Å². The van der Waals surface area contributed by atoms with Crippen LogP contribution in [-0.2, 0) is 11.3 Å². The van der Waals surface area contributed by atoms with Crippen LogP contribution in [0.4, 0.5) is 51.2 Å². The average molecular weight is 718 g/mol. The number of amides is 3. The van der Waals surface area contributed by atoms with Gasteiger partial charge in [-0.2, -0.15) is 13.8 Å². The number of aromatic nitrogens is 2. The Morgan fingerprint density at radius 1 is 1.02 bits per heavy atom. The van der Waals surface area contributed by atoms with Gasteiger partial charge < -0.3 is 30.1 Å². The number of anilines is 5. The first-order chi connectivity index (χ1) is 24.3. The standard InChI is InChI=1S/C35H47F4N9O3/c1-5-30(49)41-26-18-27(29(51-32(36)37)19-28(26)46-12-8-24(9-13-46)45-16-14-44(4)15-17-45)42-33-40-20-23-21-47(22(2)3)34(50)48(31(23)43-33)25-6-10-35(38,39)11-7-25/h5,18-20,22,24-25,32H,1,6-17,21H2,2-4H3,(H,41,49)(H,40,42,43). The van der Waals surface area contributed by atoms with Gasteiger partial charge >= 0.3 is 12.6 Å². The highest BCUT2D eigenvalue weighted by Crippen LogP contribution is 2.42. The Hall–Kier alpha value is -4.18. The van der Waals surface area contributed by atoms with Gasteiger partial charge in [-0.05, 0) is 58.7 Å². The van der Waals surface area contributed by atoms with Gasteiger partial charge in [-0.15, -0.1) is 0 Å². The predicted octanol–water partition coefficient (Wildman–Crippen LogP) is 5.89. The number of hydrogen-bond acceptors (Lipinski definition) is 9. The number of halogens is 4. The zero-order valence-electron chi connectivity index (χ0n) is 29.4. The number of rotatable bonds is 10. The van der Waals surface area contributed by atoms with E-state index in [4.69, 9.17) is 4.74 Å². The van der Waals surface area contributed by atoms with Crippen LogP contribution in [0.5, 0.6) is 5.75 Å². The van der Waals surface area contributed by atoms with Gasteiger partial charge in [0.2, 0.25) is 17.8 Å². The van der Waals surface area contributed by atoms with Crippen molar-refractivity contribution in [3.05, 3.63) is 36.5 Å². The fourth-order valence-electron chi connectivity index (χ4n) is 7.46. The molecule has 0 spiro atoms. The summed E-state index contributed by atoms with van der Waals surface area (Å²) in [5, 5.41) is 5.78. The maximum absolute atomic E-state index is 14.1. The summed E-state index contributed by atoms with van der Waals surface area (Å²) in [5.41, 5.74) is 1.56. The first-order valence-electron chi connectivity index (χ1n) is 17.7. The highest BCUT2D eigenvalue weighted by molar-refractivity contribution is 6.02. The molecule has 4 aliphatic rings. The molecule has 0 atom stereocenters. The van der Waals surface area contributed by atoms with Gasteiger partial charge in [0.05, 0.1) is 23.6 Å². The Morgan fingerprint density at radius 3 is 2.33 bits per heavy atom. The summed E-state index contributed by atoms with van der Waals surface area (Å²) in [5.74, 6) is -3.20. The van der Waals surface area contributed by atoms with Gasteiger partial charge in [-0.25, -0.2) is 18.6 Å². The Kier molecular flexibility index (Phi) is 10.9. The highest BCUT2D eigenvalue weighted by Gasteiger charge is 2.43. The maximum Gasteiger partial charge on any atom is 0.387 e. The SMILES string of the molecule is C=CC(=O)Nc1cc(Nc2ncc3c(n2)N(C2CCC(F)(F)CC2)C(=O)N(C(C)C)C3)c(OC(F)F)cc1N1CCC(N2CCN(C)CC2)CC1. The number of piperazine rings is 1. The normalized spacial score (nSPS) is 20.9. The first kappa shape index (κ1) is 36.6. The van der Waals surface area contributed by atoms with Crippen LogP contribution < -0.4 is 25.2 Å². The second-order valence-electron chi connectivity index (χ2n) is 14.1. The van der Waals surface area contributed by atoms with Crippen molar-refractivity contribution in [3.8, 4) is 5.75 Å². The van der Waals surface area contributed by atoms with Gasteiger partial charge in [-0.1, -0.05) is 6.58 Å². The minimum absolute atomic E-state index is 0.0217. The van der Waals surface area contributed by atoms with Crippen molar-refractivity contribution in [2.24, 2.45) is 0 Å². The number of hydrogen-bond donors (Lipinski definition) is 2. The number of urea groups is 1. The lowest BCUT2D eigenvalue weighted by molar-refractivity contribution is -0.111. The summed E-state index contributed by atoms with van der Waals surface area (Å²) in [6, 6.07) is 2.37. The van der Waals surface area contributed by atoms with Crippen LogP contribution in [0.25, 0.3) is 0 Å². The third kappa shape index (κ3) is 8.32. The van der Waals surface area contributed by atoms with Crippen molar-refractivity contribution in [3.63, 3.8) is 0 Å². The lowest BCUT2D eigenvalue weighted by Crippen LogP contribution is -2.55. The molecule has 3 amide bonds. The van der Waals surface area contributed by atoms with E-state index in [2.05, 4.69) is 48.9 Å². The van der Waals surface area contributed by atoms with Crippen LogP contribution >= 0.6 is 0 Å². The van der Waals surface area contributed by atoms with E-state index >= 15 is 0 Å². The smallest absolute Gasteiger partial charge is 0.387 e. The van der Waals surface area contributed by atoms with Gasteiger partial charge in [-0.3, -0.25) is 14.6 Å². The topological polar surface area (TPSA) is 109 Å². The zero-order valence-corrected chi connectivity index (χ0v) is 29.4. The first-order valence-corrected chi connectivity index (χ1v) is 17.7. The van der Waals surface area contributed by atoms with E-state index < -0.39 is 24.5 Å². The third-order valence-corrected chi connectivity index (χ3v) is 10.4. The monoisotopic (exact) mass is 717 g/mol. The number of nitrogens with zero attached hydrogens (tertiary/aromatic N) is 7. The van der Waals surface area contributed by atoms with E-state index in [1.807, 2.05) is 13.8 Å². The molecule has 3 aliphatic heterocycles. The predicted molar refractivity (Wildman–Crippen MR) is 187 cm³/mol. The van der Waals surface area contributed by atoms with Gasteiger partial charge in [0.15, 0.2) is 5.75 Å². The van der Waals surface area contributed by atoms with E-state index in [0.717, 1.165) is 45.1 Å². The number of ether oxygens (including phenoxy) is 1. The van der Waals surface area contributed by atoms with Crippen LogP contribution in [0.3, 0.4) is 0 Å². The van der Waals surface area contributed by atoms with Crippen molar-refractivity contribution in [1.82, 2.24) is 24.7 Å². The van der Waals surface area contributed by atoms with E-state index in [-0.39, 0.29) is 67.5 Å². The van der Waals surface area contributed by atoms with E-state index in [1.165, 1.54) is 17.0 Å². The molecule has 1 aliphatic carbocycles. The molecule has 2 saturated heterocycles. The molecule has 2 aromatic rings. The fourth-order valence-corrected chi connectivity index (χ4v) is 7.46. The van der Waals surface area contributed by atoms with Crippen molar-refractivity contribution in [2.75, 3.05) is 66.7 Å². The fraction of sp³-hybridized carbons (Fsp3) is 0.600. The maximum atomic E-state index is 14.1. The molecular formula is C35H47F4N9O3. The summed E-state index contributed by atoms with van der Waals surface area (Å²) in [6.07, 6.45) is 3.92. The number of carbonyl (C=O) groups excluding carboxylic acids is 2.